The van der Waals surface area contributed by atoms with E-state index in [1.165, 1.54) is 6.07 Å². The predicted molar refractivity (Wildman–Crippen MR) is 153 cm³/mol. The molecule has 1 aliphatic heterocycles. The number of nitrogens with zero attached hydrogens (tertiary/aromatic N) is 2. The van der Waals surface area contributed by atoms with E-state index in [4.69, 9.17) is 21.4 Å². The minimum absolute atomic E-state index is 0.280. The molecule has 0 amide bonds. The number of para-hydroxylation sites is 1. The fourth-order valence-corrected chi connectivity index (χ4v) is 5.25. The van der Waals surface area contributed by atoms with E-state index in [0.717, 1.165) is 17.1 Å². The number of rotatable bonds is 6. The summed E-state index contributed by atoms with van der Waals surface area (Å²) in [6, 6.07) is 31.0. The summed E-state index contributed by atoms with van der Waals surface area (Å²) in [5.74, 6) is 2.17. The second kappa shape index (κ2) is 10.4. The van der Waals surface area contributed by atoms with E-state index in [9.17, 15) is 4.39 Å². The fraction of sp³-hybridized carbons (Fsp3) is 0.0667. The number of anilines is 1. The van der Waals surface area contributed by atoms with Gasteiger partial charge in [0.15, 0.2) is 5.11 Å². The molecule has 2 atom stereocenters. The highest BCUT2D eigenvalue weighted by molar-refractivity contribution is 9.10. The molecule has 1 aliphatic rings. The Bertz CT molecular complexity index is 1580. The molecule has 0 saturated carbocycles. The molecule has 188 valence electrons. The molecule has 38 heavy (non-hydrogen) atoms. The van der Waals surface area contributed by atoms with Crippen molar-refractivity contribution in [1.82, 2.24) is 10.3 Å². The summed E-state index contributed by atoms with van der Waals surface area (Å²) >= 11 is 9.11. The van der Waals surface area contributed by atoms with Crippen molar-refractivity contribution < 1.29 is 13.5 Å². The van der Waals surface area contributed by atoms with Crippen LogP contribution in [0.5, 0.6) is 11.5 Å². The Labute approximate surface area is 233 Å². The average Bonchev–Trinajstić information content (AvgIpc) is 3.55. The molecule has 0 spiro atoms. The molecule has 1 fully saturated rings. The zero-order chi connectivity index (χ0) is 26.1. The van der Waals surface area contributed by atoms with Gasteiger partial charge in [-0.2, -0.15) is 0 Å². The highest BCUT2D eigenvalue weighted by Gasteiger charge is 2.42. The maximum atomic E-state index is 14.7. The molecule has 5 nitrogen and oxygen atoms in total. The van der Waals surface area contributed by atoms with E-state index in [1.807, 2.05) is 83.8 Å². The summed E-state index contributed by atoms with van der Waals surface area (Å²) in [7, 11) is 0. The van der Waals surface area contributed by atoms with Gasteiger partial charge in [-0.3, -0.25) is 4.98 Å². The topological polar surface area (TPSA) is 50.5 Å². The first-order valence-corrected chi connectivity index (χ1v) is 13.2. The molecule has 6 rings (SSSR count). The predicted octanol–water partition coefficient (Wildman–Crippen LogP) is 8.21. The monoisotopic (exact) mass is 585 g/mol. The second-order valence-corrected chi connectivity index (χ2v) is 10.0. The van der Waals surface area contributed by atoms with Crippen molar-refractivity contribution in [3.63, 3.8) is 0 Å². The number of hydrogen-bond acceptors (Lipinski definition) is 4. The third-order valence-electron chi connectivity index (χ3n) is 6.31. The Kier molecular flexibility index (Phi) is 6.66. The number of nitrogens with one attached hydrogen (secondary N) is 1. The van der Waals surface area contributed by atoms with Crippen molar-refractivity contribution in [3.05, 3.63) is 131 Å². The van der Waals surface area contributed by atoms with Crippen LogP contribution in [-0.4, -0.2) is 10.1 Å². The molecule has 0 aliphatic carbocycles. The third-order valence-corrected chi connectivity index (χ3v) is 7.11. The van der Waals surface area contributed by atoms with Crippen LogP contribution < -0.4 is 15.0 Å². The van der Waals surface area contributed by atoms with Gasteiger partial charge in [0.25, 0.3) is 0 Å². The maximum Gasteiger partial charge on any atom is 0.174 e. The molecule has 1 N–H and O–H groups in total. The molecular formula is C30H21BrFN3O2S. The first-order chi connectivity index (χ1) is 18.6. The maximum absolute atomic E-state index is 14.7. The van der Waals surface area contributed by atoms with Crippen molar-refractivity contribution in [2.24, 2.45) is 0 Å². The van der Waals surface area contributed by atoms with Gasteiger partial charge >= 0.3 is 0 Å². The van der Waals surface area contributed by atoms with E-state index in [0.29, 0.717) is 32.4 Å². The quantitative estimate of drug-likeness (QED) is 0.203. The summed E-state index contributed by atoms with van der Waals surface area (Å²) < 4.78 is 27.6. The minimum Gasteiger partial charge on any atom is -0.459 e. The van der Waals surface area contributed by atoms with Crippen molar-refractivity contribution >= 4 is 38.9 Å². The number of ether oxygens (including phenoxy) is 1. The minimum atomic E-state index is -0.368. The number of aromatic nitrogens is 1. The summed E-state index contributed by atoms with van der Waals surface area (Å²) in [4.78, 5) is 6.57. The smallest absolute Gasteiger partial charge is 0.174 e. The van der Waals surface area contributed by atoms with Crippen LogP contribution in [0.2, 0.25) is 0 Å². The van der Waals surface area contributed by atoms with E-state index >= 15 is 0 Å². The standard InChI is InChI=1S/C30H21BrFN3O2S/c31-19-9-14-23(24(32)18-19)26-15-16-27(37-26)29-28(25-8-4-5-17-33-25)34-30(38)35(29)20-10-12-22(13-11-20)36-21-6-2-1-3-7-21/h1-18,28-29H,(H,34,38). The molecule has 3 aromatic carbocycles. The second-order valence-electron chi connectivity index (χ2n) is 8.73. The van der Waals surface area contributed by atoms with Gasteiger partial charge in [0.1, 0.15) is 34.9 Å². The number of pyridine rings is 1. The first kappa shape index (κ1) is 24.3. The van der Waals surface area contributed by atoms with Gasteiger partial charge in [-0.05, 0) is 91.1 Å². The largest absolute Gasteiger partial charge is 0.459 e. The van der Waals surface area contributed by atoms with Crippen LogP contribution in [0.3, 0.4) is 0 Å². The number of hydrogen-bond donors (Lipinski definition) is 1. The van der Waals surface area contributed by atoms with Crippen molar-refractivity contribution in [2.45, 2.75) is 12.1 Å². The summed E-state index contributed by atoms with van der Waals surface area (Å²) in [5.41, 5.74) is 2.06. The Morgan fingerprint density at radius 1 is 0.895 bits per heavy atom. The third kappa shape index (κ3) is 4.80. The average molecular weight is 586 g/mol. The van der Waals surface area contributed by atoms with Gasteiger partial charge in [0.2, 0.25) is 0 Å². The van der Waals surface area contributed by atoms with E-state index in [-0.39, 0.29) is 17.9 Å². The molecule has 8 heteroatoms. The molecule has 2 aromatic heterocycles. The lowest BCUT2D eigenvalue weighted by Crippen LogP contribution is -2.29. The van der Waals surface area contributed by atoms with Crippen LogP contribution in [0.15, 0.2) is 118 Å². The van der Waals surface area contributed by atoms with Gasteiger partial charge in [-0.25, -0.2) is 4.39 Å². The Morgan fingerprint density at radius 3 is 2.39 bits per heavy atom. The lowest BCUT2D eigenvalue weighted by atomic mass is 10.0. The molecule has 3 heterocycles. The summed E-state index contributed by atoms with van der Waals surface area (Å²) in [6.07, 6.45) is 1.75. The van der Waals surface area contributed by atoms with Gasteiger partial charge in [-0.1, -0.05) is 40.2 Å². The molecule has 1 saturated heterocycles. The van der Waals surface area contributed by atoms with Crippen LogP contribution in [0.1, 0.15) is 23.5 Å². The van der Waals surface area contributed by atoms with Gasteiger partial charge in [0.05, 0.1) is 17.3 Å². The highest BCUT2D eigenvalue weighted by Crippen LogP contribution is 2.43. The van der Waals surface area contributed by atoms with E-state index < -0.39 is 0 Å². The van der Waals surface area contributed by atoms with Gasteiger partial charge in [0, 0.05) is 16.4 Å². The van der Waals surface area contributed by atoms with E-state index in [2.05, 4.69) is 26.2 Å². The van der Waals surface area contributed by atoms with Crippen molar-refractivity contribution in [1.29, 1.82) is 0 Å². The highest BCUT2D eigenvalue weighted by atomic mass is 79.9. The molecular weight excluding hydrogens is 565 g/mol. The van der Waals surface area contributed by atoms with Gasteiger partial charge < -0.3 is 19.4 Å². The van der Waals surface area contributed by atoms with Crippen molar-refractivity contribution in [3.8, 4) is 22.8 Å². The molecule has 0 radical (unpaired) electrons. The Morgan fingerprint density at radius 2 is 1.66 bits per heavy atom. The zero-order valence-corrected chi connectivity index (χ0v) is 22.3. The number of benzene rings is 3. The van der Waals surface area contributed by atoms with Gasteiger partial charge in [-0.15, -0.1) is 0 Å². The summed E-state index contributed by atoms with van der Waals surface area (Å²) in [5, 5.41) is 3.95. The van der Waals surface area contributed by atoms with Crippen molar-refractivity contribution in [2.75, 3.05) is 4.90 Å². The first-order valence-electron chi connectivity index (χ1n) is 12.0. The number of thiocarbonyl (C=S) groups is 1. The Hall–Kier alpha value is -4.01. The molecule has 2 unspecified atom stereocenters. The number of furan rings is 1. The zero-order valence-electron chi connectivity index (χ0n) is 19.9. The fourth-order valence-electron chi connectivity index (χ4n) is 4.57. The van der Waals surface area contributed by atoms with Crippen LogP contribution >= 0.6 is 28.1 Å². The Balaban J connectivity index is 1.37. The lowest BCUT2D eigenvalue weighted by molar-refractivity contribution is 0.438. The summed E-state index contributed by atoms with van der Waals surface area (Å²) in [6.45, 7) is 0. The van der Waals surface area contributed by atoms with E-state index in [1.54, 1.807) is 24.4 Å². The van der Waals surface area contributed by atoms with Crippen LogP contribution in [-0.2, 0) is 0 Å². The lowest BCUT2D eigenvalue weighted by Gasteiger charge is -2.26. The normalized spacial score (nSPS) is 16.9. The SMILES string of the molecule is Fc1cc(Br)ccc1-c1ccc(C2C(c3ccccn3)NC(=S)N2c2ccc(Oc3ccccc3)cc2)o1. The number of halogens is 2. The van der Waals surface area contributed by atoms with Crippen LogP contribution in [0, 0.1) is 5.82 Å². The van der Waals surface area contributed by atoms with Crippen LogP contribution in [0.4, 0.5) is 10.1 Å². The molecule has 0 bridgehead atoms. The molecule has 5 aromatic rings. The van der Waals surface area contributed by atoms with Crippen LogP contribution in [0.25, 0.3) is 11.3 Å².